The van der Waals surface area contributed by atoms with Gasteiger partial charge in [-0.1, -0.05) is 24.9 Å². The number of fused-ring (bicyclic) bond motifs is 1. The van der Waals surface area contributed by atoms with Crippen molar-refractivity contribution in [2.45, 2.75) is 44.9 Å². The minimum absolute atomic E-state index is 0.0261. The fraction of sp³-hybridized carbons (Fsp3) is 0.382. The van der Waals surface area contributed by atoms with Gasteiger partial charge in [-0.3, -0.25) is 9.78 Å². The molecule has 3 N–H and O–H groups in total. The Morgan fingerprint density at radius 3 is 2.41 bits per heavy atom. The molecule has 2 aromatic heterocycles. The van der Waals surface area contributed by atoms with E-state index >= 15 is 0 Å². The van der Waals surface area contributed by atoms with Crippen LogP contribution in [0.25, 0.3) is 22.2 Å². The Morgan fingerprint density at radius 1 is 1.09 bits per heavy atom. The smallest absolute Gasteiger partial charge is 0.251 e. The summed E-state index contributed by atoms with van der Waals surface area (Å²) in [5.74, 6) is 5.78. The van der Waals surface area contributed by atoms with Crippen molar-refractivity contribution in [3.8, 4) is 17.0 Å². The molecule has 0 aliphatic heterocycles. The number of hydrogen-bond donors (Lipinski definition) is 2. The number of halogens is 2. The molecule has 0 saturated heterocycles. The molecule has 234 valence electrons. The molecule has 1 saturated carbocycles. The van der Waals surface area contributed by atoms with Crippen LogP contribution in [-0.4, -0.2) is 50.4 Å². The number of nitrogens with two attached hydrogens (primary N) is 1. The van der Waals surface area contributed by atoms with Crippen molar-refractivity contribution in [2.75, 3.05) is 34.5 Å². The molecule has 2 atom stereocenters. The van der Waals surface area contributed by atoms with Gasteiger partial charge < -0.3 is 19.6 Å². The van der Waals surface area contributed by atoms with Crippen LogP contribution in [-0.2, 0) is 9.57 Å². The van der Waals surface area contributed by atoms with E-state index in [4.69, 9.17) is 32.1 Å². The van der Waals surface area contributed by atoms with E-state index in [1.165, 1.54) is 12.1 Å². The van der Waals surface area contributed by atoms with Gasteiger partial charge in [0.15, 0.2) is 0 Å². The highest BCUT2D eigenvalue weighted by Crippen LogP contribution is 2.43. The number of amides is 1. The number of hydrogen-bond acceptors (Lipinski definition) is 7. The molecule has 10 heteroatoms. The summed E-state index contributed by atoms with van der Waals surface area (Å²) in [6.45, 7) is 4.56. The molecule has 4 aromatic rings. The van der Waals surface area contributed by atoms with Gasteiger partial charge in [-0.25, -0.2) is 15.3 Å². The lowest BCUT2D eigenvalue weighted by molar-refractivity contribution is 0.0943. The second kappa shape index (κ2) is 15.4. The second-order valence-electron chi connectivity index (χ2n) is 11.1. The summed E-state index contributed by atoms with van der Waals surface area (Å²) in [5, 5.41) is 4.52. The molecule has 2 heterocycles. The molecule has 44 heavy (non-hydrogen) atoms. The van der Waals surface area contributed by atoms with E-state index in [1.54, 1.807) is 39.5 Å². The Bertz CT molecular complexity index is 1580. The van der Waals surface area contributed by atoms with Crippen molar-refractivity contribution in [1.82, 2.24) is 15.3 Å². The largest absolute Gasteiger partial charge is 0.494 e. The first-order valence-electron chi connectivity index (χ1n) is 14.6. The number of carbonyl (C=O) groups is 1. The molecular weight excluding hydrogens is 583 g/mol. The minimum atomic E-state index is -0.328. The molecule has 5 rings (SSSR count). The SMILES string of the molecule is COC.COc1c(C(C)CON)cc(C(CNC(=O)c2ccc3nc(C)c(Cl)cc3c2)C2CCC2)nc1-c1ccc(F)cc1. The third-order valence-corrected chi connectivity index (χ3v) is 8.39. The van der Waals surface area contributed by atoms with Crippen molar-refractivity contribution >= 4 is 28.4 Å². The quantitative estimate of drug-likeness (QED) is 0.184. The highest BCUT2D eigenvalue weighted by atomic mass is 35.5. The van der Waals surface area contributed by atoms with Gasteiger partial charge in [0, 0.05) is 60.4 Å². The lowest BCUT2D eigenvalue weighted by atomic mass is 9.74. The lowest BCUT2D eigenvalue weighted by Gasteiger charge is -2.34. The molecule has 0 bridgehead atoms. The first-order chi connectivity index (χ1) is 21.2. The van der Waals surface area contributed by atoms with Crippen molar-refractivity contribution in [3.05, 3.63) is 88.0 Å². The number of methoxy groups -OCH3 is 2. The Kier molecular flexibility index (Phi) is 11.6. The van der Waals surface area contributed by atoms with Gasteiger partial charge in [-0.2, -0.15) is 0 Å². The summed E-state index contributed by atoms with van der Waals surface area (Å²) in [6, 6.07) is 15.5. The van der Waals surface area contributed by atoms with Gasteiger partial charge in [-0.05, 0) is 80.3 Å². The van der Waals surface area contributed by atoms with Crippen molar-refractivity contribution in [3.63, 3.8) is 0 Å². The lowest BCUT2D eigenvalue weighted by Crippen LogP contribution is -2.34. The van der Waals surface area contributed by atoms with Crippen LogP contribution in [0.2, 0.25) is 5.02 Å². The maximum atomic E-state index is 13.8. The van der Waals surface area contributed by atoms with Crippen LogP contribution in [0.5, 0.6) is 5.75 Å². The molecule has 0 spiro atoms. The number of benzene rings is 2. The van der Waals surface area contributed by atoms with E-state index in [2.05, 4.69) is 15.0 Å². The molecular formula is C34H40ClFN4O4. The molecule has 1 amide bonds. The second-order valence-corrected chi connectivity index (χ2v) is 11.5. The molecule has 1 fully saturated rings. The van der Waals surface area contributed by atoms with Crippen molar-refractivity contribution < 1.29 is 23.5 Å². The number of nitrogens with one attached hydrogen (secondary N) is 1. The van der Waals surface area contributed by atoms with E-state index in [9.17, 15) is 9.18 Å². The Morgan fingerprint density at radius 2 is 1.80 bits per heavy atom. The number of pyridine rings is 2. The van der Waals surface area contributed by atoms with Crippen LogP contribution >= 0.6 is 11.6 Å². The van der Waals surface area contributed by atoms with Crippen LogP contribution in [0.4, 0.5) is 4.39 Å². The van der Waals surface area contributed by atoms with Crippen LogP contribution in [0.3, 0.4) is 0 Å². The zero-order chi connectivity index (χ0) is 31.8. The third-order valence-electron chi connectivity index (χ3n) is 8.01. The molecule has 1 aliphatic rings. The summed E-state index contributed by atoms with van der Waals surface area (Å²) < 4.78 is 23.9. The fourth-order valence-corrected chi connectivity index (χ4v) is 5.59. The van der Waals surface area contributed by atoms with Crippen molar-refractivity contribution in [1.29, 1.82) is 0 Å². The zero-order valence-electron chi connectivity index (χ0n) is 25.8. The monoisotopic (exact) mass is 622 g/mol. The minimum Gasteiger partial charge on any atom is -0.494 e. The Hall–Kier alpha value is -3.63. The van der Waals surface area contributed by atoms with Crippen LogP contribution in [0.1, 0.15) is 65.3 Å². The molecule has 8 nitrogen and oxygen atoms in total. The average molecular weight is 623 g/mol. The highest BCUT2D eigenvalue weighted by molar-refractivity contribution is 6.31. The number of aromatic nitrogens is 2. The topological polar surface area (TPSA) is 109 Å². The number of ether oxygens (including phenoxy) is 2. The van der Waals surface area contributed by atoms with Crippen molar-refractivity contribution in [2.24, 2.45) is 11.8 Å². The molecule has 0 radical (unpaired) electrons. The summed E-state index contributed by atoms with van der Waals surface area (Å²) in [7, 11) is 4.85. The predicted octanol–water partition coefficient (Wildman–Crippen LogP) is 6.98. The first-order valence-corrected chi connectivity index (χ1v) is 15.0. The summed E-state index contributed by atoms with van der Waals surface area (Å²) >= 11 is 6.28. The zero-order valence-corrected chi connectivity index (χ0v) is 26.6. The Labute approximate surface area is 263 Å². The van der Waals surface area contributed by atoms with E-state index < -0.39 is 0 Å². The highest BCUT2D eigenvalue weighted by Gasteiger charge is 2.32. The molecule has 1 aliphatic carbocycles. The maximum Gasteiger partial charge on any atom is 0.251 e. The first kappa shape index (κ1) is 33.3. The van der Waals surface area contributed by atoms with Gasteiger partial charge in [0.2, 0.25) is 0 Å². The number of carbonyl (C=O) groups excluding carboxylic acids is 1. The van der Waals surface area contributed by atoms with Crippen LogP contribution in [0.15, 0.2) is 54.6 Å². The van der Waals surface area contributed by atoms with Crippen LogP contribution in [0, 0.1) is 18.7 Å². The van der Waals surface area contributed by atoms with E-state index in [1.807, 2.05) is 38.1 Å². The predicted molar refractivity (Wildman–Crippen MR) is 172 cm³/mol. The number of rotatable bonds is 10. The van der Waals surface area contributed by atoms with Crippen LogP contribution < -0.4 is 16.0 Å². The van der Waals surface area contributed by atoms with Gasteiger partial charge >= 0.3 is 0 Å². The summed E-state index contributed by atoms with van der Waals surface area (Å²) in [5.41, 5.74) is 5.17. The molecule has 2 aromatic carbocycles. The molecule has 2 unspecified atom stereocenters. The fourth-order valence-electron chi connectivity index (χ4n) is 5.43. The van der Waals surface area contributed by atoms with Gasteiger partial charge in [0.1, 0.15) is 17.3 Å². The number of aryl methyl sites for hydroxylation is 1. The van der Waals surface area contributed by atoms with Gasteiger partial charge in [0.25, 0.3) is 5.91 Å². The maximum absolute atomic E-state index is 13.8. The Balaban J connectivity index is 0.00000141. The number of nitrogens with zero attached hydrogens (tertiary/aromatic N) is 2. The standard InChI is InChI=1S/C32H34ClFN4O3.C2H6O/c1-18(17-41-35)25-15-29(38-30(31(25)40-3)21-7-10-24(34)11-8-21)26(20-5-4-6-20)16-36-32(39)22-9-12-28-23(13-22)14-27(33)19(2)37-28;1-3-2/h7-15,18,20,26H,4-6,16-17,35H2,1-3H3,(H,36,39);1-2H3. The van der Waals surface area contributed by atoms with Gasteiger partial charge in [-0.15, -0.1) is 0 Å². The average Bonchev–Trinajstić information content (AvgIpc) is 2.98. The third kappa shape index (κ3) is 7.71. The van der Waals surface area contributed by atoms with E-state index in [-0.39, 0.29) is 30.2 Å². The van der Waals surface area contributed by atoms with Gasteiger partial charge in [0.05, 0.1) is 29.9 Å². The normalized spacial score (nSPS) is 14.3. The van der Waals surface area contributed by atoms with E-state index in [0.29, 0.717) is 34.5 Å². The summed E-state index contributed by atoms with van der Waals surface area (Å²) in [4.78, 5) is 27.9. The summed E-state index contributed by atoms with van der Waals surface area (Å²) in [6.07, 6.45) is 3.24. The van der Waals surface area contributed by atoms with E-state index in [0.717, 1.165) is 52.7 Å².